The van der Waals surface area contributed by atoms with Crippen LogP contribution in [0.2, 0.25) is 0 Å². The molecule has 0 heterocycles. The van der Waals surface area contributed by atoms with E-state index in [0.717, 1.165) is 6.07 Å². The van der Waals surface area contributed by atoms with Gasteiger partial charge in [0.15, 0.2) is 0 Å². The van der Waals surface area contributed by atoms with E-state index >= 15 is 0 Å². The predicted octanol–water partition coefficient (Wildman–Crippen LogP) is 2.69. The fourth-order valence-electron chi connectivity index (χ4n) is 1.23. The van der Waals surface area contributed by atoms with E-state index in [4.69, 9.17) is 5.26 Å². The maximum Gasteiger partial charge on any atom is 0.411 e. The summed E-state index contributed by atoms with van der Waals surface area (Å²) in [7, 11) is 0. The lowest BCUT2D eigenvalue weighted by Crippen LogP contribution is -2.20. The Morgan fingerprint density at radius 1 is 1.33 bits per heavy atom. The zero-order chi connectivity index (χ0) is 13.6. The van der Waals surface area contributed by atoms with Crippen LogP contribution in [-0.2, 0) is 4.74 Å². The minimum atomic E-state index is -4.36. The second-order valence-corrected chi connectivity index (χ2v) is 3.37. The molecule has 0 bridgehead atoms. The number of rotatable bonds is 5. The molecule has 0 aliphatic heterocycles. The molecule has 0 aromatic heterocycles. The van der Waals surface area contributed by atoms with Crippen LogP contribution in [0, 0.1) is 17.1 Å². The Labute approximate surface area is 101 Å². The van der Waals surface area contributed by atoms with Crippen LogP contribution in [0.5, 0.6) is 0 Å². The molecule has 3 nitrogen and oxygen atoms in total. The molecule has 18 heavy (non-hydrogen) atoms. The van der Waals surface area contributed by atoms with Crippen molar-refractivity contribution in [2.45, 2.75) is 6.18 Å². The van der Waals surface area contributed by atoms with Crippen LogP contribution in [0.25, 0.3) is 0 Å². The van der Waals surface area contributed by atoms with Crippen molar-refractivity contribution in [2.75, 3.05) is 25.1 Å². The Hall–Kier alpha value is -1.81. The summed E-state index contributed by atoms with van der Waals surface area (Å²) in [6, 6.07) is 5.66. The molecule has 0 radical (unpaired) electrons. The molecule has 0 spiro atoms. The number of hydrogen-bond acceptors (Lipinski definition) is 3. The Morgan fingerprint density at radius 3 is 2.67 bits per heavy atom. The summed E-state index contributed by atoms with van der Waals surface area (Å²) in [6.07, 6.45) is -4.36. The van der Waals surface area contributed by atoms with Gasteiger partial charge in [-0.25, -0.2) is 4.39 Å². The molecule has 0 atom stereocenters. The van der Waals surface area contributed by atoms with Crippen molar-refractivity contribution in [3.63, 3.8) is 0 Å². The molecule has 7 heteroatoms. The molecular formula is C11H10F4N2O. The van der Waals surface area contributed by atoms with Gasteiger partial charge in [-0.3, -0.25) is 0 Å². The van der Waals surface area contributed by atoms with Gasteiger partial charge in [0, 0.05) is 6.54 Å². The number of alkyl halides is 3. The molecule has 1 rings (SSSR count). The summed E-state index contributed by atoms with van der Waals surface area (Å²) in [5.74, 6) is -0.682. The maximum absolute atomic E-state index is 13.1. The summed E-state index contributed by atoms with van der Waals surface area (Å²) >= 11 is 0. The Bertz CT molecular complexity index is 440. The molecule has 0 unspecified atom stereocenters. The van der Waals surface area contributed by atoms with Gasteiger partial charge in [0.1, 0.15) is 24.1 Å². The molecule has 0 saturated heterocycles. The van der Waals surface area contributed by atoms with E-state index in [2.05, 4.69) is 10.1 Å². The lowest BCUT2D eigenvalue weighted by atomic mass is 10.2. The standard InChI is InChI=1S/C11H10F4N2O/c12-9-2-1-3-10(8(9)6-16)17-4-5-18-7-11(13,14)15/h1-3,17H,4-5,7H2. The van der Waals surface area contributed by atoms with Gasteiger partial charge in [0.05, 0.1) is 12.3 Å². The Morgan fingerprint density at radius 2 is 2.06 bits per heavy atom. The average molecular weight is 262 g/mol. The lowest BCUT2D eigenvalue weighted by Gasteiger charge is -2.10. The number of nitrogens with one attached hydrogen (secondary N) is 1. The van der Waals surface area contributed by atoms with Gasteiger partial charge in [0.2, 0.25) is 0 Å². The summed E-state index contributed by atoms with van der Waals surface area (Å²) in [5.41, 5.74) is 0.0569. The normalized spacial score (nSPS) is 11.1. The number of benzene rings is 1. The maximum atomic E-state index is 13.1. The quantitative estimate of drug-likeness (QED) is 0.655. The number of nitriles is 1. The van der Waals surface area contributed by atoms with E-state index in [9.17, 15) is 17.6 Å². The van der Waals surface area contributed by atoms with E-state index < -0.39 is 18.6 Å². The topological polar surface area (TPSA) is 45.0 Å². The largest absolute Gasteiger partial charge is 0.411 e. The van der Waals surface area contributed by atoms with Crippen LogP contribution in [-0.4, -0.2) is 25.9 Å². The number of hydrogen-bond donors (Lipinski definition) is 1. The van der Waals surface area contributed by atoms with Crippen LogP contribution < -0.4 is 5.32 Å². The number of halogens is 4. The predicted molar refractivity (Wildman–Crippen MR) is 56.5 cm³/mol. The third-order valence-electron chi connectivity index (χ3n) is 1.95. The number of ether oxygens (including phenoxy) is 1. The molecule has 1 N–H and O–H groups in total. The highest BCUT2D eigenvalue weighted by atomic mass is 19.4. The first-order valence-corrected chi connectivity index (χ1v) is 5.01. The minimum Gasteiger partial charge on any atom is -0.382 e. The lowest BCUT2D eigenvalue weighted by molar-refractivity contribution is -0.172. The van der Waals surface area contributed by atoms with E-state index in [-0.39, 0.29) is 24.4 Å². The fraction of sp³-hybridized carbons (Fsp3) is 0.364. The molecule has 0 fully saturated rings. The third-order valence-corrected chi connectivity index (χ3v) is 1.95. The van der Waals surface area contributed by atoms with Gasteiger partial charge in [-0.05, 0) is 12.1 Å². The van der Waals surface area contributed by atoms with Crippen molar-refractivity contribution in [1.82, 2.24) is 0 Å². The van der Waals surface area contributed by atoms with Crippen LogP contribution in [0.1, 0.15) is 5.56 Å². The SMILES string of the molecule is N#Cc1c(F)cccc1NCCOCC(F)(F)F. The van der Waals surface area contributed by atoms with Crippen molar-refractivity contribution in [2.24, 2.45) is 0 Å². The zero-order valence-corrected chi connectivity index (χ0v) is 9.22. The number of nitrogens with zero attached hydrogens (tertiary/aromatic N) is 1. The van der Waals surface area contributed by atoms with Crippen molar-refractivity contribution >= 4 is 5.69 Å². The van der Waals surface area contributed by atoms with Crippen LogP contribution in [0.3, 0.4) is 0 Å². The van der Waals surface area contributed by atoms with Crippen molar-refractivity contribution < 1.29 is 22.3 Å². The first-order valence-electron chi connectivity index (χ1n) is 5.01. The van der Waals surface area contributed by atoms with E-state index in [1.54, 1.807) is 6.07 Å². The summed E-state index contributed by atoms with van der Waals surface area (Å²) < 4.78 is 52.7. The van der Waals surface area contributed by atoms with Gasteiger partial charge in [0.25, 0.3) is 0 Å². The molecule has 1 aromatic carbocycles. The van der Waals surface area contributed by atoms with Crippen LogP contribution in [0.4, 0.5) is 23.2 Å². The van der Waals surface area contributed by atoms with Crippen molar-refractivity contribution in [1.29, 1.82) is 5.26 Å². The Kier molecular flexibility index (Phi) is 4.92. The van der Waals surface area contributed by atoms with Gasteiger partial charge in [-0.1, -0.05) is 6.07 Å². The second-order valence-electron chi connectivity index (χ2n) is 3.37. The first kappa shape index (κ1) is 14.3. The third kappa shape index (κ3) is 4.59. The van der Waals surface area contributed by atoms with E-state index in [1.165, 1.54) is 12.1 Å². The Balaban J connectivity index is 2.41. The summed E-state index contributed by atoms with van der Waals surface area (Å²) in [4.78, 5) is 0. The molecule has 0 aliphatic rings. The summed E-state index contributed by atoms with van der Waals surface area (Å²) in [6.45, 7) is -1.47. The highest BCUT2D eigenvalue weighted by Crippen LogP contribution is 2.17. The monoisotopic (exact) mass is 262 g/mol. The van der Waals surface area contributed by atoms with Crippen molar-refractivity contribution in [3.05, 3.63) is 29.6 Å². The number of anilines is 1. The second kappa shape index (κ2) is 6.21. The smallest absolute Gasteiger partial charge is 0.382 e. The molecule has 1 aromatic rings. The van der Waals surface area contributed by atoms with Crippen LogP contribution >= 0.6 is 0 Å². The molecule has 0 aliphatic carbocycles. The van der Waals surface area contributed by atoms with Crippen LogP contribution in [0.15, 0.2) is 18.2 Å². The average Bonchev–Trinajstić information content (AvgIpc) is 2.27. The van der Waals surface area contributed by atoms with Gasteiger partial charge in [-0.2, -0.15) is 18.4 Å². The summed E-state index contributed by atoms with van der Waals surface area (Å²) in [5, 5.41) is 11.3. The fourth-order valence-corrected chi connectivity index (χ4v) is 1.23. The van der Waals surface area contributed by atoms with Gasteiger partial charge in [-0.15, -0.1) is 0 Å². The highest BCUT2D eigenvalue weighted by Gasteiger charge is 2.27. The highest BCUT2D eigenvalue weighted by molar-refractivity contribution is 5.57. The first-order chi connectivity index (χ1) is 8.44. The minimum absolute atomic E-state index is 0.0498. The zero-order valence-electron chi connectivity index (χ0n) is 9.22. The van der Waals surface area contributed by atoms with Gasteiger partial charge >= 0.3 is 6.18 Å². The molecular weight excluding hydrogens is 252 g/mol. The molecule has 0 saturated carbocycles. The van der Waals surface area contributed by atoms with E-state index in [0.29, 0.717) is 0 Å². The van der Waals surface area contributed by atoms with Gasteiger partial charge < -0.3 is 10.1 Å². The van der Waals surface area contributed by atoms with E-state index in [1.807, 2.05) is 0 Å². The molecule has 0 amide bonds. The van der Waals surface area contributed by atoms with Crippen molar-refractivity contribution in [3.8, 4) is 6.07 Å². The molecule has 98 valence electrons.